The number of piperidine rings is 1. The molecule has 1 aromatic carbocycles. The molecule has 0 N–H and O–H groups in total. The van der Waals surface area contributed by atoms with Crippen LogP contribution < -0.4 is 9.18 Å². The highest BCUT2D eigenvalue weighted by Crippen LogP contribution is 2.40. The molecular formula is C23H26Cl2FN5OP2. The second-order valence-corrected chi connectivity index (χ2v) is 10.7. The zero-order valence-corrected chi connectivity index (χ0v) is 22.5. The van der Waals surface area contributed by atoms with E-state index in [1.54, 1.807) is 10.6 Å². The molecule has 2 aromatic heterocycles. The summed E-state index contributed by atoms with van der Waals surface area (Å²) in [6.07, 6.45) is 8.51. The van der Waals surface area contributed by atoms with Crippen LogP contribution in [-0.2, 0) is 0 Å². The molecule has 1 aliphatic rings. The third kappa shape index (κ3) is 5.40. The number of pyridine rings is 1. The van der Waals surface area contributed by atoms with Crippen LogP contribution in [0.15, 0.2) is 49.4 Å². The molecule has 0 spiro atoms. The fraction of sp³-hybridized carbons (Fsp3) is 0.304. The van der Waals surface area contributed by atoms with Gasteiger partial charge in [-0.25, -0.2) is 9.37 Å². The molecule has 1 fully saturated rings. The number of aromatic nitrogens is 3. The Hall–Kier alpha value is -1.75. The van der Waals surface area contributed by atoms with Gasteiger partial charge in [0.15, 0.2) is 11.6 Å². The molecule has 3 atom stereocenters. The number of benzene rings is 1. The van der Waals surface area contributed by atoms with Gasteiger partial charge in [0.25, 0.3) is 0 Å². The molecule has 0 amide bonds. The maximum absolute atomic E-state index is 14.1. The number of nitrogens with zero attached hydrogens (tertiary/aromatic N) is 5. The number of ether oxygens (including phenoxy) is 1. The summed E-state index contributed by atoms with van der Waals surface area (Å²) in [7, 11) is 7.18. The summed E-state index contributed by atoms with van der Waals surface area (Å²) >= 11 is 12.5. The molecule has 0 radical (unpaired) electrons. The topological polar surface area (TPSA) is 46.4 Å². The first-order valence-electron chi connectivity index (χ1n) is 10.7. The van der Waals surface area contributed by atoms with Gasteiger partial charge in [0.05, 0.1) is 17.3 Å². The minimum absolute atomic E-state index is 0.101. The molecule has 3 aromatic rings. The molecule has 180 valence electrons. The van der Waals surface area contributed by atoms with Crippen LogP contribution in [0.3, 0.4) is 0 Å². The van der Waals surface area contributed by atoms with E-state index < -0.39 is 11.9 Å². The van der Waals surface area contributed by atoms with Crippen molar-refractivity contribution < 1.29 is 9.13 Å². The average molecular weight is 540 g/mol. The van der Waals surface area contributed by atoms with Crippen LogP contribution in [0, 0.1) is 5.82 Å². The Morgan fingerprint density at radius 1 is 1.24 bits per heavy atom. The maximum Gasteiger partial charge on any atom is 0.177 e. The van der Waals surface area contributed by atoms with Crippen LogP contribution in [0.1, 0.15) is 30.6 Å². The lowest BCUT2D eigenvalue weighted by atomic mass is 10.1. The third-order valence-electron chi connectivity index (χ3n) is 5.91. The Kier molecular flexibility index (Phi) is 8.12. The number of hydrogen-bond donors (Lipinski definition) is 0. The lowest BCUT2D eigenvalue weighted by molar-refractivity contribution is 0.212. The van der Waals surface area contributed by atoms with E-state index in [1.807, 2.05) is 23.1 Å². The Morgan fingerprint density at radius 2 is 1.97 bits per heavy atom. The summed E-state index contributed by atoms with van der Waals surface area (Å²) in [5, 5.41) is 4.79. The standard InChI is InChI=1S/C23H26Cl2FN5OP2/c1-3-19(21-17(24)4-5-18(26)22(21)25)32-20-10-14(11-27-23(20)31(33)34)15-12-28-30(13-15)16-6-8-29(2)9-7-16/h3-5,10-13,16,19H,1,6-9,33-34H2,2H3. The molecule has 1 aliphatic heterocycles. The van der Waals surface area contributed by atoms with Gasteiger partial charge >= 0.3 is 0 Å². The van der Waals surface area contributed by atoms with Gasteiger partial charge in [0, 0.05) is 34.1 Å². The van der Waals surface area contributed by atoms with Gasteiger partial charge in [-0.3, -0.25) is 4.68 Å². The lowest BCUT2D eigenvalue weighted by Crippen LogP contribution is -2.31. The lowest BCUT2D eigenvalue weighted by Gasteiger charge is -2.28. The van der Waals surface area contributed by atoms with E-state index in [1.165, 1.54) is 18.2 Å². The molecular weight excluding hydrogens is 514 g/mol. The maximum atomic E-state index is 14.1. The van der Waals surface area contributed by atoms with Crippen LogP contribution in [0.25, 0.3) is 11.1 Å². The number of anilines is 1. The molecule has 3 unspecified atom stereocenters. The van der Waals surface area contributed by atoms with Crippen molar-refractivity contribution in [3.63, 3.8) is 0 Å². The second kappa shape index (κ2) is 10.9. The van der Waals surface area contributed by atoms with Crippen molar-refractivity contribution in [2.75, 3.05) is 24.6 Å². The van der Waals surface area contributed by atoms with Crippen molar-refractivity contribution in [3.8, 4) is 16.9 Å². The van der Waals surface area contributed by atoms with Crippen LogP contribution in [0.4, 0.5) is 10.2 Å². The molecule has 1 saturated heterocycles. The molecule has 34 heavy (non-hydrogen) atoms. The van der Waals surface area contributed by atoms with Gasteiger partial charge in [0.2, 0.25) is 0 Å². The third-order valence-corrected chi connectivity index (χ3v) is 7.11. The summed E-state index contributed by atoms with van der Waals surface area (Å²) in [5.41, 5.74) is 2.08. The van der Waals surface area contributed by atoms with E-state index in [0.717, 1.165) is 37.1 Å². The van der Waals surface area contributed by atoms with E-state index in [4.69, 9.17) is 27.9 Å². The molecule has 0 aliphatic carbocycles. The first kappa shape index (κ1) is 25.3. The van der Waals surface area contributed by atoms with Gasteiger partial charge in [-0.15, -0.1) is 0 Å². The second-order valence-electron chi connectivity index (χ2n) is 8.23. The Bertz CT molecular complexity index is 1180. The number of halogens is 3. The monoisotopic (exact) mass is 539 g/mol. The van der Waals surface area contributed by atoms with E-state index in [2.05, 4.69) is 47.4 Å². The highest BCUT2D eigenvalue weighted by molar-refractivity contribution is 7.39. The fourth-order valence-corrected chi connectivity index (χ4v) is 4.96. The van der Waals surface area contributed by atoms with Crippen LogP contribution in [0.2, 0.25) is 10.0 Å². The SMILES string of the molecule is C=CC(Oc1cc(-c2cnn(C3CCN(C)CC3)c2)cnc1N(P)P)c1c(Cl)ccc(F)c1Cl. The molecule has 3 heterocycles. The van der Waals surface area contributed by atoms with E-state index >= 15 is 0 Å². The van der Waals surface area contributed by atoms with E-state index in [-0.39, 0.29) is 10.0 Å². The van der Waals surface area contributed by atoms with Crippen LogP contribution in [0.5, 0.6) is 5.75 Å². The fourth-order valence-electron chi connectivity index (χ4n) is 3.99. The minimum atomic E-state index is -0.789. The van der Waals surface area contributed by atoms with Crippen LogP contribution in [-0.4, -0.2) is 39.8 Å². The summed E-state index contributed by atoms with van der Waals surface area (Å²) in [5.74, 6) is 0.413. The molecule has 0 saturated carbocycles. The summed E-state index contributed by atoms with van der Waals surface area (Å²) in [4.78, 5) is 6.90. The van der Waals surface area contributed by atoms with Gasteiger partial charge in [-0.05, 0) is 76.0 Å². The molecule has 11 heteroatoms. The van der Waals surface area contributed by atoms with E-state index in [9.17, 15) is 4.39 Å². The van der Waals surface area contributed by atoms with E-state index in [0.29, 0.717) is 23.2 Å². The first-order valence-corrected chi connectivity index (χ1v) is 12.5. The van der Waals surface area contributed by atoms with Crippen LogP contribution >= 0.6 is 42.0 Å². The highest BCUT2D eigenvalue weighted by Gasteiger charge is 2.23. The van der Waals surface area contributed by atoms with Gasteiger partial charge in [-0.2, -0.15) is 5.10 Å². The zero-order valence-electron chi connectivity index (χ0n) is 18.7. The van der Waals surface area contributed by atoms with Crippen molar-refractivity contribution in [1.82, 2.24) is 19.7 Å². The van der Waals surface area contributed by atoms with Gasteiger partial charge in [0.1, 0.15) is 11.9 Å². The normalized spacial score (nSPS) is 15.8. The van der Waals surface area contributed by atoms with Crippen molar-refractivity contribution in [2.24, 2.45) is 0 Å². The molecule has 4 rings (SSSR count). The zero-order chi connectivity index (χ0) is 24.4. The van der Waals surface area contributed by atoms with Crippen molar-refractivity contribution in [1.29, 1.82) is 0 Å². The van der Waals surface area contributed by atoms with Crippen molar-refractivity contribution in [2.45, 2.75) is 25.0 Å². The summed E-state index contributed by atoms with van der Waals surface area (Å²) in [6, 6.07) is 4.92. The largest absolute Gasteiger partial charge is 0.478 e. The smallest absolute Gasteiger partial charge is 0.177 e. The minimum Gasteiger partial charge on any atom is -0.478 e. The quantitative estimate of drug-likeness (QED) is 0.199. The number of rotatable bonds is 7. The predicted molar refractivity (Wildman–Crippen MR) is 143 cm³/mol. The molecule has 6 nitrogen and oxygen atoms in total. The van der Waals surface area contributed by atoms with Crippen molar-refractivity contribution >= 4 is 47.8 Å². The Labute approximate surface area is 213 Å². The van der Waals surface area contributed by atoms with Gasteiger partial charge < -0.3 is 14.1 Å². The highest BCUT2D eigenvalue weighted by atomic mass is 35.5. The summed E-state index contributed by atoms with van der Waals surface area (Å²) in [6.45, 7) is 5.95. The first-order chi connectivity index (χ1) is 16.3. The van der Waals surface area contributed by atoms with Crippen molar-refractivity contribution in [3.05, 3.63) is 70.9 Å². The number of hydrogen-bond acceptors (Lipinski definition) is 5. The summed E-state index contributed by atoms with van der Waals surface area (Å²) < 4.78 is 24.1. The Morgan fingerprint density at radius 3 is 2.65 bits per heavy atom. The Balaban J connectivity index is 1.66. The average Bonchev–Trinajstić information content (AvgIpc) is 3.31. The number of likely N-dealkylation sites (tertiary alicyclic amines) is 1. The predicted octanol–water partition coefficient (Wildman–Crippen LogP) is 6.35. The van der Waals surface area contributed by atoms with Gasteiger partial charge in [-0.1, -0.05) is 29.8 Å². The molecule has 0 bridgehead atoms.